The van der Waals surface area contributed by atoms with Crippen molar-refractivity contribution < 1.29 is 14.4 Å². The summed E-state index contributed by atoms with van der Waals surface area (Å²) in [5, 5.41) is 2.92. The fraction of sp³-hybridized carbons (Fsp3) is 0.533. The van der Waals surface area contributed by atoms with Crippen molar-refractivity contribution in [2.45, 2.75) is 19.8 Å². The van der Waals surface area contributed by atoms with Gasteiger partial charge in [-0.05, 0) is 30.7 Å². The van der Waals surface area contributed by atoms with Crippen molar-refractivity contribution in [3.05, 3.63) is 29.8 Å². The van der Waals surface area contributed by atoms with Crippen LogP contribution in [0.2, 0.25) is 0 Å². The van der Waals surface area contributed by atoms with Gasteiger partial charge in [-0.1, -0.05) is 6.92 Å². The van der Waals surface area contributed by atoms with Gasteiger partial charge in [0, 0.05) is 18.5 Å². The average molecular weight is 265 g/mol. The van der Waals surface area contributed by atoms with E-state index in [1.807, 2.05) is 12.1 Å². The molecule has 0 fully saturated rings. The number of amides is 1. The second-order valence-corrected chi connectivity index (χ2v) is 4.94. The maximum absolute atomic E-state index is 11.9. The first-order chi connectivity index (χ1) is 9.13. The van der Waals surface area contributed by atoms with E-state index in [-0.39, 0.29) is 5.91 Å². The van der Waals surface area contributed by atoms with Crippen molar-refractivity contribution in [2.24, 2.45) is 0 Å². The van der Waals surface area contributed by atoms with E-state index in [4.69, 9.17) is 4.74 Å². The standard InChI is InChI=1S/C15H24N2O2/c1-4-12-19-14-8-6-13(7-9-14)15(18)16-10-5-11-17(2)3/h6-9H,4-5,10-12H2,1-3H3,(H,16,18)/p+1. The van der Waals surface area contributed by atoms with Crippen molar-refractivity contribution in [2.75, 3.05) is 33.8 Å². The van der Waals surface area contributed by atoms with Crippen LogP contribution in [0.15, 0.2) is 24.3 Å². The molecule has 1 aromatic carbocycles. The zero-order valence-corrected chi connectivity index (χ0v) is 12.2. The number of ether oxygens (including phenoxy) is 1. The molecule has 0 aliphatic rings. The quantitative estimate of drug-likeness (QED) is 0.681. The third-order valence-corrected chi connectivity index (χ3v) is 2.73. The van der Waals surface area contributed by atoms with Gasteiger partial charge in [0.2, 0.25) is 0 Å². The van der Waals surface area contributed by atoms with Crippen LogP contribution in [0.25, 0.3) is 0 Å². The zero-order valence-electron chi connectivity index (χ0n) is 12.2. The molecule has 19 heavy (non-hydrogen) atoms. The maximum Gasteiger partial charge on any atom is 0.251 e. The van der Waals surface area contributed by atoms with Gasteiger partial charge in [-0.15, -0.1) is 0 Å². The Balaban J connectivity index is 2.36. The number of hydrogen-bond acceptors (Lipinski definition) is 2. The van der Waals surface area contributed by atoms with Gasteiger partial charge in [-0.25, -0.2) is 0 Å². The first kappa shape index (κ1) is 15.5. The SMILES string of the molecule is CCCOc1ccc(C(=O)NCCC[NH+](C)C)cc1. The molecule has 106 valence electrons. The lowest BCUT2D eigenvalue weighted by Crippen LogP contribution is -3.05. The molecule has 0 aromatic heterocycles. The summed E-state index contributed by atoms with van der Waals surface area (Å²) >= 11 is 0. The Kier molecular flexibility index (Phi) is 6.97. The van der Waals surface area contributed by atoms with E-state index in [0.717, 1.165) is 31.7 Å². The first-order valence-corrected chi connectivity index (χ1v) is 6.93. The van der Waals surface area contributed by atoms with Gasteiger partial charge < -0.3 is 15.0 Å². The van der Waals surface area contributed by atoms with Crippen molar-refractivity contribution in [1.29, 1.82) is 0 Å². The van der Waals surface area contributed by atoms with Crippen LogP contribution >= 0.6 is 0 Å². The lowest BCUT2D eigenvalue weighted by molar-refractivity contribution is -0.858. The molecular weight excluding hydrogens is 240 g/mol. The second kappa shape index (κ2) is 8.53. The number of nitrogens with one attached hydrogen (secondary N) is 2. The summed E-state index contributed by atoms with van der Waals surface area (Å²) in [6.45, 7) is 4.55. The third kappa shape index (κ3) is 6.25. The van der Waals surface area contributed by atoms with E-state index < -0.39 is 0 Å². The molecule has 0 saturated heterocycles. The Morgan fingerprint density at radius 2 is 1.95 bits per heavy atom. The first-order valence-electron chi connectivity index (χ1n) is 6.93. The van der Waals surface area contributed by atoms with E-state index in [2.05, 4.69) is 26.3 Å². The Labute approximate surface area is 115 Å². The summed E-state index contributed by atoms with van der Waals surface area (Å²) in [6.07, 6.45) is 1.97. The van der Waals surface area contributed by atoms with Crippen LogP contribution in [0.1, 0.15) is 30.1 Å². The highest BCUT2D eigenvalue weighted by atomic mass is 16.5. The lowest BCUT2D eigenvalue weighted by Gasteiger charge is -2.09. The van der Waals surface area contributed by atoms with E-state index in [1.165, 1.54) is 4.90 Å². The largest absolute Gasteiger partial charge is 0.494 e. The molecule has 2 N–H and O–H groups in total. The Hall–Kier alpha value is -1.55. The molecule has 1 aromatic rings. The predicted molar refractivity (Wildman–Crippen MR) is 76.9 cm³/mol. The summed E-state index contributed by atoms with van der Waals surface area (Å²) < 4.78 is 5.48. The zero-order chi connectivity index (χ0) is 14.1. The van der Waals surface area contributed by atoms with Crippen molar-refractivity contribution in [3.63, 3.8) is 0 Å². The number of benzene rings is 1. The van der Waals surface area contributed by atoms with Crippen LogP contribution < -0.4 is 15.0 Å². The second-order valence-electron chi connectivity index (χ2n) is 4.94. The van der Waals surface area contributed by atoms with E-state index in [0.29, 0.717) is 12.2 Å². The molecule has 0 unspecified atom stereocenters. The number of carbonyl (C=O) groups is 1. The highest BCUT2D eigenvalue weighted by molar-refractivity contribution is 5.94. The van der Waals surface area contributed by atoms with Gasteiger partial charge in [-0.3, -0.25) is 4.79 Å². The Morgan fingerprint density at radius 1 is 1.26 bits per heavy atom. The molecule has 0 bridgehead atoms. The lowest BCUT2D eigenvalue weighted by atomic mass is 10.2. The monoisotopic (exact) mass is 265 g/mol. The fourth-order valence-electron chi connectivity index (χ4n) is 1.67. The van der Waals surface area contributed by atoms with E-state index in [1.54, 1.807) is 12.1 Å². The van der Waals surface area contributed by atoms with Gasteiger partial charge in [0.1, 0.15) is 5.75 Å². The summed E-state index contributed by atoms with van der Waals surface area (Å²) in [5.41, 5.74) is 0.682. The third-order valence-electron chi connectivity index (χ3n) is 2.73. The summed E-state index contributed by atoms with van der Waals surface area (Å²) in [5.74, 6) is 0.797. The minimum absolute atomic E-state index is 0.0178. The number of rotatable bonds is 8. The molecule has 0 saturated carbocycles. The fourth-order valence-corrected chi connectivity index (χ4v) is 1.67. The number of hydrogen-bond donors (Lipinski definition) is 2. The molecule has 0 heterocycles. The van der Waals surface area contributed by atoms with Gasteiger partial charge in [0.05, 0.1) is 27.2 Å². The van der Waals surface area contributed by atoms with E-state index in [9.17, 15) is 4.79 Å². The van der Waals surface area contributed by atoms with Crippen molar-refractivity contribution in [1.82, 2.24) is 5.32 Å². The van der Waals surface area contributed by atoms with Crippen LogP contribution in [-0.4, -0.2) is 39.7 Å². The van der Waals surface area contributed by atoms with Gasteiger partial charge >= 0.3 is 0 Å². The molecule has 1 rings (SSSR count). The molecule has 0 spiro atoms. The molecule has 4 heteroatoms. The van der Waals surface area contributed by atoms with Crippen LogP contribution in [0.5, 0.6) is 5.75 Å². The molecular formula is C15H25N2O2+. The van der Waals surface area contributed by atoms with Gasteiger partial charge in [0.25, 0.3) is 5.91 Å². The van der Waals surface area contributed by atoms with E-state index >= 15 is 0 Å². The normalized spacial score (nSPS) is 10.5. The minimum Gasteiger partial charge on any atom is -0.494 e. The Morgan fingerprint density at radius 3 is 2.53 bits per heavy atom. The predicted octanol–water partition coefficient (Wildman–Crippen LogP) is 0.740. The van der Waals surface area contributed by atoms with Crippen LogP contribution in [0.3, 0.4) is 0 Å². The van der Waals surface area contributed by atoms with Gasteiger partial charge in [-0.2, -0.15) is 0 Å². The molecule has 0 radical (unpaired) electrons. The molecule has 0 atom stereocenters. The average Bonchev–Trinajstić information content (AvgIpc) is 2.41. The minimum atomic E-state index is -0.0178. The molecule has 0 aliphatic heterocycles. The summed E-state index contributed by atoms with van der Waals surface area (Å²) in [7, 11) is 4.22. The topological polar surface area (TPSA) is 42.8 Å². The summed E-state index contributed by atoms with van der Waals surface area (Å²) in [4.78, 5) is 13.3. The summed E-state index contributed by atoms with van der Waals surface area (Å²) in [6, 6.07) is 7.29. The smallest absolute Gasteiger partial charge is 0.251 e. The number of carbonyl (C=O) groups excluding carboxylic acids is 1. The van der Waals surface area contributed by atoms with Gasteiger partial charge in [0.15, 0.2) is 0 Å². The number of quaternary nitrogens is 1. The molecule has 1 amide bonds. The van der Waals surface area contributed by atoms with Crippen molar-refractivity contribution >= 4 is 5.91 Å². The highest BCUT2D eigenvalue weighted by Crippen LogP contribution is 2.12. The van der Waals surface area contributed by atoms with Crippen molar-refractivity contribution in [3.8, 4) is 5.75 Å². The Bertz CT molecular complexity index is 374. The molecule has 0 aliphatic carbocycles. The van der Waals surface area contributed by atoms with Crippen LogP contribution in [0, 0.1) is 0 Å². The molecule has 4 nitrogen and oxygen atoms in total. The van der Waals surface area contributed by atoms with Crippen LogP contribution in [0.4, 0.5) is 0 Å². The van der Waals surface area contributed by atoms with Crippen LogP contribution in [-0.2, 0) is 0 Å². The maximum atomic E-state index is 11.9. The highest BCUT2D eigenvalue weighted by Gasteiger charge is 2.05.